The van der Waals surface area contributed by atoms with Crippen LogP contribution in [0.2, 0.25) is 0 Å². The smallest absolute Gasteiger partial charge is 0.230 e. The van der Waals surface area contributed by atoms with Crippen LogP contribution in [0.15, 0.2) is 101 Å². The maximum Gasteiger partial charge on any atom is 0.230 e. The number of unbranched alkanes of at least 4 members (excludes halogenated alkanes) is 2. The molecule has 3 aliphatic rings. The number of benzene rings is 2. The number of ether oxygens (including phenoxy) is 3. The summed E-state index contributed by atoms with van der Waals surface area (Å²) >= 11 is 3.61. The molecule has 290 valence electrons. The number of hydrogen-bond acceptors (Lipinski definition) is 11. The molecule has 0 saturated heterocycles. The van der Waals surface area contributed by atoms with E-state index in [1.54, 1.807) is 30.2 Å². The minimum atomic E-state index is -1.00. The summed E-state index contributed by atoms with van der Waals surface area (Å²) in [5, 5.41) is 24.3. The van der Waals surface area contributed by atoms with E-state index in [2.05, 4.69) is 59.0 Å². The van der Waals surface area contributed by atoms with Crippen molar-refractivity contribution in [3.63, 3.8) is 0 Å². The van der Waals surface area contributed by atoms with Crippen molar-refractivity contribution < 1.29 is 29.3 Å². The number of aliphatic hydroxyl groups is 2. The number of aliphatic hydroxyl groups excluding tert-OH is 2. The third-order valence-electron chi connectivity index (χ3n) is 10.6. The molecule has 0 radical (unpaired) electrons. The van der Waals surface area contributed by atoms with Gasteiger partial charge in [0.05, 0.1) is 35.8 Å². The van der Waals surface area contributed by atoms with Gasteiger partial charge in [-0.25, -0.2) is 0 Å². The molecule has 2 N–H and O–H groups in total. The molecule has 3 aromatic rings. The molecule has 2 aliphatic carbocycles. The number of aryl methyl sites for hydroxylation is 1. The van der Waals surface area contributed by atoms with E-state index >= 15 is 0 Å². The summed E-state index contributed by atoms with van der Waals surface area (Å²) in [5.74, 6) is 2.58. The van der Waals surface area contributed by atoms with Gasteiger partial charge in [-0.15, -0.1) is 18.3 Å². The lowest BCUT2D eigenvalue weighted by Crippen LogP contribution is -2.64. The van der Waals surface area contributed by atoms with Gasteiger partial charge in [0.15, 0.2) is 0 Å². The predicted octanol–water partition coefficient (Wildman–Crippen LogP) is 8.28. The van der Waals surface area contributed by atoms with E-state index < -0.39 is 5.79 Å². The van der Waals surface area contributed by atoms with Crippen molar-refractivity contribution in [1.82, 2.24) is 9.97 Å². The first-order valence-corrected chi connectivity index (χ1v) is 21.5. The summed E-state index contributed by atoms with van der Waals surface area (Å²) in [6.07, 6.45) is 16.1. The second kappa shape index (κ2) is 20.5. The number of oxime groups is 1. The van der Waals surface area contributed by atoms with Crippen molar-refractivity contribution in [2.45, 2.75) is 80.1 Å². The van der Waals surface area contributed by atoms with Crippen LogP contribution in [-0.2, 0) is 16.0 Å². The Morgan fingerprint density at radius 1 is 1.04 bits per heavy atom. The Bertz CT molecular complexity index is 1680. The van der Waals surface area contributed by atoms with Gasteiger partial charge in [0.2, 0.25) is 5.79 Å². The van der Waals surface area contributed by atoms with Gasteiger partial charge in [0.25, 0.3) is 0 Å². The highest BCUT2D eigenvalue weighted by atomic mass is 32.2. The Kier molecular flexibility index (Phi) is 15.3. The van der Waals surface area contributed by atoms with Crippen LogP contribution in [-0.4, -0.2) is 81.5 Å². The lowest BCUT2D eigenvalue weighted by Gasteiger charge is -2.58. The molecule has 1 fully saturated rings. The van der Waals surface area contributed by atoms with E-state index in [-0.39, 0.29) is 42.1 Å². The van der Waals surface area contributed by atoms with Crippen molar-refractivity contribution in [3.8, 4) is 11.5 Å². The summed E-state index contributed by atoms with van der Waals surface area (Å²) in [5.41, 5.74) is 4.14. The lowest BCUT2D eigenvalue weighted by atomic mass is 9.56. The maximum absolute atomic E-state index is 9.88. The molecular formula is C43H55N3O6S2. The van der Waals surface area contributed by atoms with Gasteiger partial charge in [0.1, 0.15) is 18.1 Å². The Hall–Kier alpha value is -3.35. The van der Waals surface area contributed by atoms with Crippen LogP contribution < -0.4 is 9.47 Å². The monoisotopic (exact) mass is 773 g/mol. The second-order valence-corrected chi connectivity index (χ2v) is 16.5. The maximum atomic E-state index is 9.88. The first-order chi connectivity index (χ1) is 26.6. The fraction of sp³-hybridized carbons (Fsp3) is 0.512. The third kappa shape index (κ3) is 9.71. The van der Waals surface area contributed by atoms with Crippen LogP contribution >= 0.6 is 23.5 Å². The highest BCUT2D eigenvalue weighted by Crippen LogP contribution is 2.62. The number of nitrogens with zero attached hydrogens (tertiary/aromatic N) is 3. The topological polar surface area (TPSA) is 116 Å². The molecule has 2 aromatic carbocycles. The van der Waals surface area contributed by atoms with Crippen molar-refractivity contribution in [2.75, 3.05) is 44.5 Å². The standard InChI is InChI=1S/C43H55N3O6S2/c1-3-23-50-43-40(54-25-18-32-30-44-19-20-45-32)29-38(46-51-4-2)36-27-31(12-8-10-21-47)35(15-9-11-22-48)41(42(36)43)37-28-33(16-17-39(37)52-43)49-24-26-53-34-13-6-5-7-14-34/h3,5-7,13-14,16-17,19-20,27-28,30-31,35,40-42,47-48H,1,4,8-12,15,18,21-26,29H2,2H3/t31-,35+,40-,41+,42+,43+/m0/s1. The van der Waals surface area contributed by atoms with Gasteiger partial charge in [-0.05, 0) is 86.1 Å². The molecule has 0 bridgehead atoms. The molecule has 6 atom stereocenters. The van der Waals surface area contributed by atoms with Gasteiger partial charge < -0.3 is 29.3 Å². The van der Waals surface area contributed by atoms with Crippen LogP contribution in [0.5, 0.6) is 11.5 Å². The number of aromatic nitrogens is 2. The molecule has 6 rings (SSSR count). The molecule has 2 heterocycles. The van der Waals surface area contributed by atoms with E-state index in [1.165, 1.54) is 4.90 Å². The molecule has 11 heteroatoms. The largest absolute Gasteiger partial charge is 0.493 e. The zero-order chi connectivity index (χ0) is 37.6. The highest BCUT2D eigenvalue weighted by Gasteiger charge is 2.63. The van der Waals surface area contributed by atoms with Crippen LogP contribution in [0.4, 0.5) is 0 Å². The Morgan fingerprint density at radius 2 is 1.87 bits per heavy atom. The van der Waals surface area contributed by atoms with Crippen molar-refractivity contribution in [3.05, 3.63) is 103 Å². The van der Waals surface area contributed by atoms with Crippen molar-refractivity contribution in [2.24, 2.45) is 22.9 Å². The quantitative estimate of drug-likeness (QED) is 0.0448. The van der Waals surface area contributed by atoms with Crippen molar-refractivity contribution in [1.29, 1.82) is 0 Å². The van der Waals surface area contributed by atoms with Gasteiger partial charge in [-0.2, -0.15) is 11.8 Å². The van der Waals surface area contributed by atoms with Crippen LogP contribution in [0.3, 0.4) is 0 Å². The average Bonchev–Trinajstić information content (AvgIpc) is 3.20. The Morgan fingerprint density at radius 3 is 2.63 bits per heavy atom. The zero-order valence-electron chi connectivity index (χ0n) is 31.4. The average molecular weight is 774 g/mol. The molecule has 1 aliphatic heterocycles. The van der Waals surface area contributed by atoms with Gasteiger partial charge in [-0.1, -0.05) is 48.3 Å². The molecule has 1 saturated carbocycles. The van der Waals surface area contributed by atoms with E-state index in [4.69, 9.17) is 24.2 Å². The van der Waals surface area contributed by atoms with Crippen LogP contribution in [0.1, 0.15) is 69.0 Å². The lowest BCUT2D eigenvalue weighted by molar-refractivity contribution is -0.223. The summed E-state index contributed by atoms with van der Waals surface area (Å²) < 4.78 is 20.7. The Balaban J connectivity index is 1.42. The normalized spacial score (nSPS) is 24.9. The Labute approximate surface area is 329 Å². The van der Waals surface area contributed by atoms with E-state index in [9.17, 15) is 10.2 Å². The fourth-order valence-corrected chi connectivity index (χ4v) is 10.4. The molecule has 9 nitrogen and oxygen atoms in total. The first kappa shape index (κ1) is 40.3. The number of allylic oxidation sites excluding steroid dienone is 1. The summed E-state index contributed by atoms with van der Waals surface area (Å²) in [4.78, 5) is 15.9. The molecule has 54 heavy (non-hydrogen) atoms. The first-order valence-electron chi connectivity index (χ1n) is 19.5. The van der Waals surface area contributed by atoms with Gasteiger partial charge in [-0.3, -0.25) is 9.97 Å². The number of hydrogen-bond donors (Lipinski definition) is 2. The number of rotatable bonds is 22. The number of thioether (sulfide) groups is 2. The predicted molar refractivity (Wildman–Crippen MR) is 217 cm³/mol. The SMILES string of the molecule is C=CCO[C@@]12Oc3ccc(OCCSc4ccccc4)cc3[C@H]3[C@H](CCCCO)[C@@H](CCCCO)C=C(C(=NOCC)C[C@@H]1SCCc1cnccn1)[C@H]32. The van der Waals surface area contributed by atoms with Crippen LogP contribution in [0.25, 0.3) is 0 Å². The van der Waals surface area contributed by atoms with Crippen LogP contribution in [0, 0.1) is 17.8 Å². The minimum Gasteiger partial charge on any atom is -0.493 e. The van der Waals surface area contributed by atoms with Crippen molar-refractivity contribution >= 4 is 29.2 Å². The van der Waals surface area contributed by atoms with Gasteiger partial charge >= 0.3 is 0 Å². The van der Waals surface area contributed by atoms with E-state index in [0.29, 0.717) is 26.2 Å². The second-order valence-electron chi connectivity index (χ2n) is 14.0. The minimum absolute atomic E-state index is 0.0221. The summed E-state index contributed by atoms with van der Waals surface area (Å²) in [6, 6.07) is 16.7. The molecule has 1 aromatic heterocycles. The summed E-state index contributed by atoms with van der Waals surface area (Å²) in [6.45, 7) is 7.72. The molecular weight excluding hydrogens is 719 g/mol. The summed E-state index contributed by atoms with van der Waals surface area (Å²) in [7, 11) is 0. The van der Waals surface area contributed by atoms with Gasteiger partial charge in [0, 0.05) is 66.8 Å². The molecule has 0 unspecified atom stereocenters. The number of fused-ring (bicyclic) bond motifs is 2. The van der Waals surface area contributed by atoms with E-state index in [0.717, 1.165) is 90.5 Å². The third-order valence-corrected chi connectivity index (χ3v) is 12.9. The molecule has 0 amide bonds. The fourth-order valence-electron chi connectivity index (χ4n) is 8.31. The molecule has 0 spiro atoms. The highest BCUT2D eigenvalue weighted by molar-refractivity contribution is 8.00. The van der Waals surface area contributed by atoms with E-state index in [1.807, 2.05) is 37.0 Å². The zero-order valence-corrected chi connectivity index (χ0v) is 33.0.